The van der Waals surface area contributed by atoms with Gasteiger partial charge in [-0.1, -0.05) is 25.4 Å². The van der Waals surface area contributed by atoms with Crippen LogP contribution in [0.25, 0.3) is 10.9 Å². The number of benzene rings is 1. The first kappa shape index (κ1) is 15.9. The van der Waals surface area contributed by atoms with Crippen LogP contribution in [0.2, 0.25) is 5.02 Å². The first-order valence-electron chi connectivity index (χ1n) is 6.41. The average molecular weight is 327 g/mol. The summed E-state index contributed by atoms with van der Waals surface area (Å²) >= 11 is 7.11. The summed E-state index contributed by atoms with van der Waals surface area (Å²) in [5, 5.41) is 9.52. The van der Waals surface area contributed by atoms with Gasteiger partial charge in [0.25, 0.3) is 5.56 Å². The van der Waals surface area contributed by atoms with Crippen molar-refractivity contribution in [3.63, 3.8) is 0 Å². The molecular weight excluding hydrogens is 312 g/mol. The third-order valence-electron chi connectivity index (χ3n) is 2.96. The number of nitrogens with zero attached hydrogens (tertiary/aromatic N) is 1. The maximum absolute atomic E-state index is 12.0. The van der Waals surface area contributed by atoms with E-state index < -0.39 is 11.2 Å². The van der Waals surface area contributed by atoms with Crippen LogP contribution in [0, 0.1) is 5.92 Å². The molecule has 1 heterocycles. The molecule has 0 radical (unpaired) electrons. The molecule has 112 valence electrons. The van der Waals surface area contributed by atoms with Gasteiger partial charge < -0.3 is 10.1 Å². The topological polar surface area (TPSA) is 83.0 Å². The van der Waals surface area contributed by atoms with Crippen molar-refractivity contribution < 1.29 is 9.90 Å². The third kappa shape index (κ3) is 3.77. The standard InChI is InChI=1S/C14H15ClN2O3S/c1-7(2)12(14(19)20)21-6-11-16-10-4-3-8(15)5-9(10)13(18)17-11/h3-5,7,12H,6H2,1-2H3,(H,19,20)(H,16,17,18). The number of H-pyrrole nitrogens is 1. The minimum absolute atomic E-state index is 0.00140. The molecule has 0 saturated heterocycles. The van der Waals surface area contributed by atoms with Gasteiger partial charge in [-0.15, -0.1) is 11.8 Å². The average Bonchev–Trinajstić information content (AvgIpc) is 2.39. The highest BCUT2D eigenvalue weighted by Crippen LogP contribution is 2.23. The number of hydrogen-bond acceptors (Lipinski definition) is 4. The van der Waals surface area contributed by atoms with Gasteiger partial charge in [0.2, 0.25) is 0 Å². The fraction of sp³-hybridized carbons (Fsp3) is 0.357. The zero-order valence-electron chi connectivity index (χ0n) is 11.6. The summed E-state index contributed by atoms with van der Waals surface area (Å²) in [6.45, 7) is 3.70. The number of aromatic nitrogens is 2. The SMILES string of the molecule is CC(C)C(SCc1nc2ccc(Cl)cc2c(=O)[nH]1)C(=O)O. The van der Waals surface area contributed by atoms with E-state index in [0.29, 0.717) is 27.5 Å². The van der Waals surface area contributed by atoms with Crippen molar-refractivity contribution in [1.29, 1.82) is 0 Å². The molecule has 5 nitrogen and oxygen atoms in total. The monoisotopic (exact) mass is 326 g/mol. The minimum Gasteiger partial charge on any atom is -0.480 e. The van der Waals surface area contributed by atoms with Gasteiger partial charge in [-0.3, -0.25) is 9.59 Å². The van der Waals surface area contributed by atoms with E-state index in [2.05, 4.69) is 9.97 Å². The van der Waals surface area contributed by atoms with Crippen LogP contribution in [-0.4, -0.2) is 26.3 Å². The van der Waals surface area contributed by atoms with Crippen LogP contribution >= 0.6 is 23.4 Å². The predicted molar refractivity (Wildman–Crippen MR) is 84.9 cm³/mol. The molecule has 0 bridgehead atoms. The summed E-state index contributed by atoms with van der Waals surface area (Å²) in [5.74, 6) is -0.0571. The van der Waals surface area contributed by atoms with Gasteiger partial charge in [-0.2, -0.15) is 0 Å². The Labute approximate surface area is 130 Å². The summed E-state index contributed by atoms with van der Waals surface area (Å²) < 4.78 is 0. The van der Waals surface area contributed by atoms with E-state index in [0.717, 1.165) is 0 Å². The third-order valence-corrected chi connectivity index (χ3v) is 4.75. The second-order valence-electron chi connectivity index (χ2n) is 4.99. The molecule has 0 amide bonds. The minimum atomic E-state index is -0.857. The van der Waals surface area contributed by atoms with Crippen molar-refractivity contribution >= 4 is 40.2 Å². The fourth-order valence-corrected chi connectivity index (χ4v) is 3.12. The number of nitrogens with one attached hydrogen (secondary N) is 1. The molecule has 1 aromatic heterocycles. The zero-order chi connectivity index (χ0) is 15.6. The van der Waals surface area contributed by atoms with E-state index in [1.54, 1.807) is 18.2 Å². The number of hydrogen-bond donors (Lipinski definition) is 2. The molecule has 0 aliphatic heterocycles. The predicted octanol–water partition coefficient (Wildman–Crippen LogP) is 2.92. The van der Waals surface area contributed by atoms with Gasteiger partial charge in [0.15, 0.2) is 0 Å². The van der Waals surface area contributed by atoms with Crippen LogP contribution < -0.4 is 5.56 Å². The zero-order valence-corrected chi connectivity index (χ0v) is 13.2. The van der Waals surface area contributed by atoms with Crippen molar-refractivity contribution in [2.75, 3.05) is 0 Å². The van der Waals surface area contributed by atoms with Crippen LogP contribution in [-0.2, 0) is 10.5 Å². The molecule has 0 aliphatic carbocycles. The Bertz CT molecular complexity index is 730. The van der Waals surface area contributed by atoms with Crippen molar-refractivity contribution in [2.24, 2.45) is 5.92 Å². The van der Waals surface area contributed by atoms with E-state index in [9.17, 15) is 9.59 Å². The van der Waals surface area contributed by atoms with Crippen LogP contribution in [0.15, 0.2) is 23.0 Å². The number of rotatable bonds is 5. The summed E-state index contributed by atoms with van der Waals surface area (Å²) in [7, 11) is 0. The Morgan fingerprint density at radius 1 is 1.48 bits per heavy atom. The Morgan fingerprint density at radius 3 is 2.81 bits per heavy atom. The van der Waals surface area contributed by atoms with E-state index in [1.165, 1.54) is 11.8 Å². The Balaban J connectivity index is 2.25. The summed E-state index contributed by atoms with van der Waals surface area (Å²) in [6.07, 6.45) is 0. The molecule has 0 saturated carbocycles. The first-order chi connectivity index (χ1) is 9.88. The molecule has 2 N–H and O–H groups in total. The number of aliphatic carboxylic acids is 1. The van der Waals surface area contributed by atoms with Crippen molar-refractivity contribution in [1.82, 2.24) is 9.97 Å². The number of aromatic amines is 1. The van der Waals surface area contributed by atoms with Gasteiger partial charge in [0, 0.05) is 5.02 Å². The Hall–Kier alpha value is -1.53. The number of carboxylic acids is 1. The maximum atomic E-state index is 12.0. The van der Waals surface area contributed by atoms with Crippen molar-refractivity contribution in [3.8, 4) is 0 Å². The second kappa shape index (κ2) is 6.49. The largest absolute Gasteiger partial charge is 0.480 e. The molecule has 1 aromatic carbocycles. The lowest BCUT2D eigenvalue weighted by atomic mass is 10.1. The molecule has 0 fully saturated rings. The van der Waals surface area contributed by atoms with E-state index >= 15 is 0 Å². The number of fused-ring (bicyclic) bond motifs is 1. The Kier molecular flexibility index (Phi) is 4.90. The van der Waals surface area contributed by atoms with E-state index in [-0.39, 0.29) is 11.5 Å². The Morgan fingerprint density at radius 2 is 2.19 bits per heavy atom. The highest BCUT2D eigenvalue weighted by molar-refractivity contribution is 7.99. The van der Waals surface area contributed by atoms with E-state index in [4.69, 9.17) is 16.7 Å². The van der Waals surface area contributed by atoms with Gasteiger partial charge >= 0.3 is 5.97 Å². The lowest BCUT2D eigenvalue weighted by Crippen LogP contribution is -2.23. The van der Waals surface area contributed by atoms with Gasteiger partial charge in [0.1, 0.15) is 11.1 Å². The van der Waals surface area contributed by atoms with Gasteiger partial charge in [-0.25, -0.2) is 4.98 Å². The normalized spacial score (nSPS) is 12.8. The van der Waals surface area contributed by atoms with Crippen LogP contribution in [0.3, 0.4) is 0 Å². The highest BCUT2D eigenvalue weighted by atomic mass is 35.5. The smallest absolute Gasteiger partial charge is 0.316 e. The molecule has 0 aliphatic rings. The number of carbonyl (C=O) groups is 1. The summed E-state index contributed by atoms with van der Waals surface area (Å²) in [4.78, 5) is 30.1. The molecule has 7 heteroatoms. The van der Waals surface area contributed by atoms with E-state index in [1.807, 2.05) is 13.8 Å². The molecule has 2 aromatic rings. The molecule has 1 unspecified atom stereocenters. The quantitative estimate of drug-likeness (QED) is 0.882. The maximum Gasteiger partial charge on any atom is 0.316 e. The number of thioether (sulfide) groups is 1. The molecule has 1 atom stereocenters. The number of halogens is 1. The first-order valence-corrected chi connectivity index (χ1v) is 7.84. The molecule has 0 spiro atoms. The number of carboxylic acid groups (broad SMARTS) is 1. The fourth-order valence-electron chi connectivity index (χ4n) is 1.95. The summed E-state index contributed by atoms with van der Waals surface area (Å²) in [5.41, 5.74) is 0.282. The molecule has 21 heavy (non-hydrogen) atoms. The highest BCUT2D eigenvalue weighted by Gasteiger charge is 2.22. The van der Waals surface area contributed by atoms with Crippen molar-refractivity contribution in [3.05, 3.63) is 39.4 Å². The summed E-state index contributed by atoms with van der Waals surface area (Å²) in [6, 6.07) is 4.91. The van der Waals surface area contributed by atoms with Gasteiger partial charge in [-0.05, 0) is 24.1 Å². The van der Waals surface area contributed by atoms with Gasteiger partial charge in [0.05, 0.1) is 16.7 Å². The van der Waals surface area contributed by atoms with Crippen molar-refractivity contribution in [2.45, 2.75) is 24.9 Å². The lowest BCUT2D eigenvalue weighted by Gasteiger charge is -2.15. The molecular formula is C14H15ClN2O3S. The lowest BCUT2D eigenvalue weighted by molar-refractivity contribution is -0.137. The van der Waals surface area contributed by atoms with Crippen LogP contribution in [0.4, 0.5) is 0 Å². The second-order valence-corrected chi connectivity index (χ2v) is 6.55. The van der Waals surface area contributed by atoms with Crippen LogP contribution in [0.1, 0.15) is 19.7 Å². The molecule has 2 rings (SSSR count). The van der Waals surface area contributed by atoms with Crippen LogP contribution in [0.5, 0.6) is 0 Å².